The molecular formula is C11H16N2O. The summed E-state index contributed by atoms with van der Waals surface area (Å²) in [5.74, 6) is 1.46. The highest BCUT2D eigenvalue weighted by atomic mass is 16.5. The first-order valence-corrected chi connectivity index (χ1v) is 4.57. The van der Waals surface area contributed by atoms with Gasteiger partial charge in [0.2, 0.25) is 0 Å². The van der Waals surface area contributed by atoms with Gasteiger partial charge >= 0.3 is 0 Å². The van der Waals surface area contributed by atoms with Gasteiger partial charge in [-0.25, -0.2) is 0 Å². The quantitative estimate of drug-likeness (QED) is 0.589. The van der Waals surface area contributed by atoms with Crippen LogP contribution in [0.2, 0.25) is 0 Å². The Morgan fingerprint density at radius 3 is 2.36 bits per heavy atom. The molecule has 3 nitrogen and oxygen atoms in total. The van der Waals surface area contributed by atoms with E-state index in [0.29, 0.717) is 5.84 Å². The molecule has 1 aromatic rings. The number of benzene rings is 1. The molecule has 0 amide bonds. The molecule has 0 saturated carbocycles. The molecule has 1 aromatic carbocycles. The van der Waals surface area contributed by atoms with Gasteiger partial charge in [0.15, 0.2) is 0 Å². The van der Waals surface area contributed by atoms with Crippen LogP contribution in [0.15, 0.2) is 29.3 Å². The van der Waals surface area contributed by atoms with Gasteiger partial charge in [-0.15, -0.1) is 0 Å². The zero-order valence-electron chi connectivity index (χ0n) is 8.82. The van der Waals surface area contributed by atoms with E-state index in [1.807, 2.05) is 31.2 Å². The van der Waals surface area contributed by atoms with Gasteiger partial charge in [0.05, 0.1) is 19.0 Å². The van der Waals surface area contributed by atoms with Crippen LogP contribution in [0.4, 0.5) is 0 Å². The van der Waals surface area contributed by atoms with Crippen molar-refractivity contribution in [1.29, 1.82) is 0 Å². The standard InChI is InChI=1S/C11H16N2O/c1-8(13-9(2)12)10-4-6-11(14-3)7-5-10/h4-8H,1-3H3,(H2,12,13). The Hall–Kier alpha value is -1.51. The van der Waals surface area contributed by atoms with Gasteiger partial charge < -0.3 is 10.5 Å². The third kappa shape index (κ3) is 2.76. The number of hydrogen-bond acceptors (Lipinski definition) is 2. The van der Waals surface area contributed by atoms with E-state index >= 15 is 0 Å². The molecule has 0 fully saturated rings. The van der Waals surface area contributed by atoms with E-state index in [1.54, 1.807) is 14.0 Å². The molecular weight excluding hydrogens is 176 g/mol. The van der Waals surface area contributed by atoms with Crippen LogP contribution in [-0.2, 0) is 0 Å². The van der Waals surface area contributed by atoms with Crippen LogP contribution in [0.3, 0.4) is 0 Å². The second kappa shape index (κ2) is 4.65. The largest absolute Gasteiger partial charge is 0.497 e. The minimum Gasteiger partial charge on any atom is -0.497 e. The number of hydrogen-bond donors (Lipinski definition) is 1. The van der Waals surface area contributed by atoms with Crippen LogP contribution in [0.1, 0.15) is 25.5 Å². The molecule has 0 aliphatic rings. The number of aliphatic imine (C=N–C) groups is 1. The van der Waals surface area contributed by atoms with E-state index in [0.717, 1.165) is 11.3 Å². The molecule has 0 heterocycles. The Morgan fingerprint density at radius 1 is 1.36 bits per heavy atom. The number of methoxy groups -OCH3 is 1. The molecule has 14 heavy (non-hydrogen) atoms. The van der Waals surface area contributed by atoms with E-state index < -0.39 is 0 Å². The van der Waals surface area contributed by atoms with Gasteiger partial charge in [0.25, 0.3) is 0 Å². The van der Waals surface area contributed by atoms with Gasteiger partial charge in [-0.2, -0.15) is 0 Å². The molecule has 0 saturated heterocycles. The van der Waals surface area contributed by atoms with Crippen molar-refractivity contribution in [3.8, 4) is 5.75 Å². The summed E-state index contributed by atoms with van der Waals surface area (Å²) in [5.41, 5.74) is 6.65. The fourth-order valence-corrected chi connectivity index (χ4v) is 1.26. The molecule has 0 radical (unpaired) electrons. The lowest BCUT2D eigenvalue weighted by atomic mass is 10.1. The third-order valence-electron chi connectivity index (χ3n) is 2.00. The van der Waals surface area contributed by atoms with Gasteiger partial charge in [0, 0.05) is 0 Å². The predicted octanol–water partition coefficient (Wildman–Crippen LogP) is 2.13. The van der Waals surface area contributed by atoms with E-state index in [1.165, 1.54) is 0 Å². The van der Waals surface area contributed by atoms with Crippen molar-refractivity contribution >= 4 is 5.84 Å². The van der Waals surface area contributed by atoms with E-state index in [-0.39, 0.29) is 6.04 Å². The molecule has 2 N–H and O–H groups in total. The van der Waals surface area contributed by atoms with E-state index in [9.17, 15) is 0 Å². The summed E-state index contributed by atoms with van der Waals surface area (Å²) in [6.45, 7) is 3.80. The molecule has 0 bridgehead atoms. The lowest BCUT2D eigenvalue weighted by Gasteiger charge is -2.08. The van der Waals surface area contributed by atoms with Crippen molar-refractivity contribution in [2.24, 2.45) is 10.7 Å². The van der Waals surface area contributed by atoms with Crippen molar-refractivity contribution in [3.63, 3.8) is 0 Å². The topological polar surface area (TPSA) is 47.6 Å². The molecule has 0 aliphatic carbocycles. The van der Waals surface area contributed by atoms with Crippen molar-refractivity contribution < 1.29 is 4.74 Å². The summed E-state index contributed by atoms with van der Waals surface area (Å²) in [4.78, 5) is 4.26. The van der Waals surface area contributed by atoms with Crippen molar-refractivity contribution in [2.45, 2.75) is 19.9 Å². The van der Waals surface area contributed by atoms with E-state index in [2.05, 4.69) is 4.99 Å². The highest BCUT2D eigenvalue weighted by Crippen LogP contribution is 2.19. The van der Waals surface area contributed by atoms with Crippen LogP contribution < -0.4 is 10.5 Å². The van der Waals surface area contributed by atoms with E-state index in [4.69, 9.17) is 10.5 Å². The van der Waals surface area contributed by atoms with Gasteiger partial charge in [-0.1, -0.05) is 12.1 Å². The van der Waals surface area contributed by atoms with Crippen LogP contribution in [0, 0.1) is 0 Å². The summed E-state index contributed by atoms with van der Waals surface area (Å²) < 4.78 is 5.07. The van der Waals surface area contributed by atoms with Crippen molar-refractivity contribution in [2.75, 3.05) is 7.11 Å². The maximum absolute atomic E-state index is 5.51. The minimum absolute atomic E-state index is 0.103. The molecule has 1 unspecified atom stereocenters. The molecule has 0 spiro atoms. The minimum atomic E-state index is 0.103. The molecule has 1 atom stereocenters. The molecule has 0 aliphatic heterocycles. The lowest BCUT2D eigenvalue weighted by molar-refractivity contribution is 0.414. The number of amidine groups is 1. The molecule has 1 rings (SSSR count). The maximum Gasteiger partial charge on any atom is 0.118 e. The predicted molar refractivity (Wildman–Crippen MR) is 58.7 cm³/mol. The Labute approximate surface area is 84.6 Å². The Balaban J connectivity index is 2.81. The SMILES string of the molecule is COc1ccc(C(C)N=C(C)N)cc1. The number of nitrogens with zero attached hydrogens (tertiary/aromatic N) is 1. The first-order chi connectivity index (χ1) is 6.63. The van der Waals surface area contributed by atoms with Crippen molar-refractivity contribution in [1.82, 2.24) is 0 Å². The summed E-state index contributed by atoms with van der Waals surface area (Å²) in [7, 11) is 1.65. The second-order valence-electron chi connectivity index (χ2n) is 3.22. The summed E-state index contributed by atoms with van der Waals surface area (Å²) in [6.07, 6.45) is 0. The van der Waals surface area contributed by atoms with Crippen LogP contribution in [0.25, 0.3) is 0 Å². The van der Waals surface area contributed by atoms with Crippen molar-refractivity contribution in [3.05, 3.63) is 29.8 Å². The average Bonchev–Trinajstić information content (AvgIpc) is 2.17. The van der Waals surface area contributed by atoms with Gasteiger partial charge in [-0.05, 0) is 31.5 Å². The fraction of sp³-hybridized carbons (Fsp3) is 0.364. The number of nitrogens with two attached hydrogens (primary N) is 1. The number of rotatable bonds is 3. The Kier molecular flexibility index (Phi) is 3.51. The maximum atomic E-state index is 5.51. The molecule has 0 aromatic heterocycles. The summed E-state index contributed by atoms with van der Waals surface area (Å²) in [5, 5.41) is 0. The number of ether oxygens (including phenoxy) is 1. The normalized spacial score (nSPS) is 13.8. The fourth-order valence-electron chi connectivity index (χ4n) is 1.26. The first-order valence-electron chi connectivity index (χ1n) is 4.57. The van der Waals surface area contributed by atoms with Gasteiger partial charge in [0.1, 0.15) is 5.75 Å². The monoisotopic (exact) mass is 192 g/mol. The highest BCUT2D eigenvalue weighted by molar-refractivity contribution is 5.77. The van der Waals surface area contributed by atoms with Gasteiger partial charge in [-0.3, -0.25) is 4.99 Å². The van der Waals surface area contributed by atoms with Crippen LogP contribution >= 0.6 is 0 Å². The zero-order chi connectivity index (χ0) is 10.6. The highest BCUT2D eigenvalue weighted by Gasteiger charge is 2.02. The Bertz CT molecular complexity index is 313. The summed E-state index contributed by atoms with van der Waals surface area (Å²) in [6, 6.07) is 7.94. The Morgan fingerprint density at radius 2 is 1.93 bits per heavy atom. The first kappa shape index (κ1) is 10.6. The molecule has 76 valence electrons. The van der Waals surface area contributed by atoms with Crippen LogP contribution in [0.5, 0.6) is 5.75 Å². The third-order valence-corrected chi connectivity index (χ3v) is 2.00. The zero-order valence-corrected chi connectivity index (χ0v) is 8.82. The second-order valence-corrected chi connectivity index (χ2v) is 3.22. The lowest BCUT2D eigenvalue weighted by Crippen LogP contribution is -2.07. The summed E-state index contributed by atoms with van der Waals surface area (Å²) >= 11 is 0. The van der Waals surface area contributed by atoms with Crippen LogP contribution in [-0.4, -0.2) is 12.9 Å². The smallest absolute Gasteiger partial charge is 0.118 e. The average molecular weight is 192 g/mol. The molecule has 3 heteroatoms.